The third kappa shape index (κ3) is 3.22. The van der Waals surface area contributed by atoms with E-state index in [1.165, 1.54) is 29.5 Å². The maximum atomic E-state index is 13.6. The molecular weight excluding hydrogens is 453 g/mol. The molecule has 0 saturated heterocycles. The first kappa shape index (κ1) is 18.3. The fourth-order valence-electron chi connectivity index (χ4n) is 3.13. The number of fused-ring (bicyclic) bond motifs is 1. The summed E-state index contributed by atoms with van der Waals surface area (Å²) in [5.41, 5.74) is 1.08. The summed E-state index contributed by atoms with van der Waals surface area (Å²) in [7, 11) is -3.75. The molecule has 0 saturated carbocycles. The number of amides is 1. The molecular formula is C19H13BrFNO3S2. The van der Waals surface area contributed by atoms with Gasteiger partial charge in [0.25, 0.3) is 0 Å². The number of benzene rings is 2. The third-order valence-corrected chi connectivity index (χ3v) is 8.09. The lowest BCUT2D eigenvalue weighted by Crippen LogP contribution is -2.23. The van der Waals surface area contributed by atoms with E-state index in [0.29, 0.717) is 10.2 Å². The molecule has 1 aliphatic rings. The average Bonchev–Trinajstić information content (AvgIpc) is 3.08. The molecule has 4 rings (SSSR count). The van der Waals surface area contributed by atoms with Crippen LogP contribution in [0, 0.1) is 5.82 Å². The summed E-state index contributed by atoms with van der Waals surface area (Å²) in [6.45, 7) is 0. The zero-order valence-electron chi connectivity index (χ0n) is 13.8. The predicted molar refractivity (Wildman–Crippen MR) is 105 cm³/mol. The lowest BCUT2D eigenvalue weighted by atomic mass is 9.91. The van der Waals surface area contributed by atoms with E-state index in [1.54, 1.807) is 35.7 Å². The van der Waals surface area contributed by atoms with Crippen molar-refractivity contribution in [1.82, 2.24) is 0 Å². The van der Waals surface area contributed by atoms with Gasteiger partial charge < -0.3 is 5.32 Å². The minimum absolute atomic E-state index is 0.0907. The number of hydrogen-bond acceptors (Lipinski definition) is 4. The Morgan fingerprint density at radius 3 is 2.59 bits per heavy atom. The van der Waals surface area contributed by atoms with Gasteiger partial charge in [0, 0.05) is 22.6 Å². The fraction of sp³-hybridized carbons (Fsp3) is 0.105. The van der Waals surface area contributed by atoms with Gasteiger partial charge in [0.05, 0.1) is 15.1 Å². The molecule has 1 atom stereocenters. The molecule has 1 amide bonds. The monoisotopic (exact) mass is 465 g/mol. The molecule has 4 nitrogen and oxygen atoms in total. The minimum Gasteiger partial charge on any atom is -0.324 e. The Bertz CT molecular complexity index is 1140. The van der Waals surface area contributed by atoms with Crippen LogP contribution < -0.4 is 5.32 Å². The highest BCUT2D eigenvalue weighted by atomic mass is 79.9. The summed E-state index contributed by atoms with van der Waals surface area (Å²) in [4.78, 5) is 13.3. The first-order valence-corrected chi connectivity index (χ1v) is 11.2. The van der Waals surface area contributed by atoms with Gasteiger partial charge in [-0.25, -0.2) is 12.8 Å². The van der Waals surface area contributed by atoms with Gasteiger partial charge in [-0.15, -0.1) is 11.3 Å². The summed E-state index contributed by atoms with van der Waals surface area (Å²) in [5.74, 6) is -0.982. The number of hydrogen-bond donors (Lipinski definition) is 1. The SMILES string of the molecule is O=C1CC(c2ccc(F)c(Br)c2)c2scc(S(=O)(=O)c3ccccc3)c2N1. The second kappa shape index (κ2) is 6.85. The molecule has 1 N–H and O–H groups in total. The molecule has 3 aromatic rings. The van der Waals surface area contributed by atoms with Crippen molar-refractivity contribution < 1.29 is 17.6 Å². The molecule has 1 unspecified atom stereocenters. The zero-order chi connectivity index (χ0) is 19.2. The van der Waals surface area contributed by atoms with Crippen LogP contribution in [0.5, 0.6) is 0 Å². The number of halogens is 2. The number of sulfone groups is 1. The highest BCUT2D eigenvalue weighted by Crippen LogP contribution is 2.46. The van der Waals surface area contributed by atoms with Crippen molar-refractivity contribution in [2.24, 2.45) is 0 Å². The molecule has 0 spiro atoms. The first-order valence-electron chi connectivity index (χ1n) is 8.04. The quantitative estimate of drug-likeness (QED) is 0.594. The molecule has 138 valence electrons. The number of anilines is 1. The van der Waals surface area contributed by atoms with Crippen LogP contribution in [-0.2, 0) is 14.6 Å². The number of rotatable bonds is 3. The first-order chi connectivity index (χ1) is 12.9. The van der Waals surface area contributed by atoms with Crippen LogP contribution in [0.2, 0.25) is 0 Å². The summed E-state index contributed by atoms with van der Waals surface area (Å²) < 4.78 is 39.9. The van der Waals surface area contributed by atoms with Crippen molar-refractivity contribution in [3.8, 4) is 0 Å². The normalized spacial score (nSPS) is 16.7. The average molecular weight is 466 g/mol. The Balaban J connectivity index is 1.84. The number of carbonyl (C=O) groups is 1. The molecule has 0 fully saturated rings. The Hall–Kier alpha value is -2.03. The van der Waals surface area contributed by atoms with Crippen molar-refractivity contribution in [3.05, 3.63) is 74.6 Å². The van der Waals surface area contributed by atoms with Crippen molar-refractivity contribution in [3.63, 3.8) is 0 Å². The molecule has 1 aliphatic heterocycles. The van der Waals surface area contributed by atoms with E-state index in [-0.39, 0.29) is 28.0 Å². The van der Waals surface area contributed by atoms with Gasteiger partial charge in [0.1, 0.15) is 10.7 Å². The topological polar surface area (TPSA) is 63.2 Å². The third-order valence-electron chi connectivity index (χ3n) is 4.45. The van der Waals surface area contributed by atoms with Gasteiger partial charge in [-0.05, 0) is 45.8 Å². The van der Waals surface area contributed by atoms with Crippen LogP contribution in [-0.4, -0.2) is 14.3 Å². The van der Waals surface area contributed by atoms with Gasteiger partial charge >= 0.3 is 0 Å². The summed E-state index contributed by atoms with van der Waals surface area (Å²) >= 11 is 4.45. The van der Waals surface area contributed by atoms with Crippen molar-refractivity contribution in [2.75, 3.05) is 5.32 Å². The van der Waals surface area contributed by atoms with Crippen LogP contribution in [0.3, 0.4) is 0 Å². The molecule has 27 heavy (non-hydrogen) atoms. The van der Waals surface area contributed by atoms with Crippen LogP contribution in [0.1, 0.15) is 22.8 Å². The van der Waals surface area contributed by atoms with Crippen LogP contribution in [0.4, 0.5) is 10.1 Å². The number of nitrogens with one attached hydrogen (secondary N) is 1. The van der Waals surface area contributed by atoms with Gasteiger partial charge in [0.15, 0.2) is 0 Å². The van der Waals surface area contributed by atoms with Gasteiger partial charge in [-0.3, -0.25) is 4.79 Å². The van der Waals surface area contributed by atoms with E-state index >= 15 is 0 Å². The Labute approximate surface area is 168 Å². The van der Waals surface area contributed by atoms with Crippen molar-refractivity contribution >= 4 is 48.7 Å². The summed E-state index contributed by atoms with van der Waals surface area (Å²) in [6, 6.07) is 12.7. The number of carbonyl (C=O) groups excluding carboxylic acids is 1. The predicted octanol–water partition coefficient (Wildman–Crippen LogP) is 4.96. The Kier molecular flexibility index (Phi) is 4.65. The molecule has 1 aromatic heterocycles. The Morgan fingerprint density at radius 1 is 1.15 bits per heavy atom. The van der Waals surface area contributed by atoms with E-state index in [1.807, 2.05) is 0 Å². The van der Waals surface area contributed by atoms with Gasteiger partial charge in [-0.1, -0.05) is 24.3 Å². The van der Waals surface area contributed by atoms with Crippen LogP contribution in [0.15, 0.2) is 68.2 Å². The van der Waals surface area contributed by atoms with E-state index in [0.717, 1.165) is 10.4 Å². The van der Waals surface area contributed by atoms with Gasteiger partial charge in [-0.2, -0.15) is 0 Å². The lowest BCUT2D eigenvalue weighted by molar-refractivity contribution is -0.116. The minimum atomic E-state index is -3.75. The molecule has 8 heteroatoms. The van der Waals surface area contributed by atoms with Crippen LogP contribution >= 0.6 is 27.3 Å². The largest absolute Gasteiger partial charge is 0.324 e. The second-order valence-electron chi connectivity index (χ2n) is 6.13. The standard InChI is InChI=1S/C19H13BrFNO3S2/c20-14-8-11(6-7-15(14)21)13-9-17(23)22-18-16(10-26-19(13)18)27(24,25)12-4-2-1-3-5-12/h1-8,10,13H,9H2,(H,22,23). The maximum Gasteiger partial charge on any atom is 0.225 e. The maximum absolute atomic E-state index is 13.6. The molecule has 0 aliphatic carbocycles. The smallest absolute Gasteiger partial charge is 0.225 e. The van der Waals surface area contributed by atoms with Crippen LogP contribution in [0.25, 0.3) is 0 Å². The van der Waals surface area contributed by atoms with E-state index in [2.05, 4.69) is 21.2 Å². The lowest BCUT2D eigenvalue weighted by Gasteiger charge is -2.24. The summed E-state index contributed by atoms with van der Waals surface area (Å²) in [5, 5.41) is 4.28. The Morgan fingerprint density at radius 2 is 1.89 bits per heavy atom. The van der Waals surface area contributed by atoms with Crippen molar-refractivity contribution in [2.45, 2.75) is 22.1 Å². The molecule has 0 radical (unpaired) electrons. The van der Waals surface area contributed by atoms with E-state index in [9.17, 15) is 17.6 Å². The summed E-state index contributed by atoms with van der Waals surface area (Å²) in [6.07, 6.45) is 0.177. The van der Waals surface area contributed by atoms with Gasteiger partial charge in [0.2, 0.25) is 15.7 Å². The fourth-order valence-corrected chi connectivity index (χ4v) is 6.45. The van der Waals surface area contributed by atoms with E-state index < -0.39 is 15.7 Å². The molecule has 0 bridgehead atoms. The second-order valence-corrected chi connectivity index (χ2v) is 9.82. The highest BCUT2D eigenvalue weighted by Gasteiger charge is 2.34. The zero-order valence-corrected chi connectivity index (χ0v) is 17.0. The highest BCUT2D eigenvalue weighted by molar-refractivity contribution is 9.10. The molecule has 2 aromatic carbocycles. The number of thiophene rings is 1. The van der Waals surface area contributed by atoms with Crippen molar-refractivity contribution in [1.29, 1.82) is 0 Å². The van der Waals surface area contributed by atoms with E-state index in [4.69, 9.17) is 0 Å². The molecule has 2 heterocycles.